The van der Waals surface area contributed by atoms with E-state index in [9.17, 15) is 63.2 Å². The molecule has 0 aliphatic carbocycles. The van der Waals surface area contributed by atoms with Gasteiger partial charge >= 0.3 is 30.2 Å². The van der Waals surface area contributed by atoms with Crippen LogP contribution in [0, 0.1) is 10.1 Å². The predicted octanol–water partition coefficient (Wildman–Crippen LogP) is 5.22. The van der Waals surface area contributed by atoms with E-state index in [-0.39, 0.29) is 0 Å². The number of anilines is 1. The molecule has 1 aromatic rings. The second-order valence-corrected chi connectivity index (χ2v) is 5.59. The second-order valence-electron chi connectivity index (χ2n) is 5.16. The fraction of sp³-hybridized carbons (Fsp3) is 0.417. The van der Waals surface area contributed by atoms with Crippen LogP contribution in [0.25, 0.3) is 0 Å². The number of ether oxygens (including phenoxy) is 1. The Hall–Kier alpha value is -2.43. The van der Waals surface area contributed by atoms with Crippen LogP contribution in [-0.2, 0) is 9.53 Å². The van der Waals surface area contributed by atoms with Crippen molar-refractivity contribution in [3.8, 4) is 0 Å². The molecule has 18 heteroatoms. The number of carbonyl (C=O) groups excluding carboxylic acids is 1. The van der Waals surface area contributed by atoms with Crippen LogP contribution in [0.4, 0.5) is 59.7 Å². The molecule has 0 aliphatic heterocycles. The first-order valence-electron chi connectivity index (χ1n) is 6.71. The summed E-state index contributed by atoms with van der Waals surface area (Å²) in [5.41, 5.74) is -2.62. The minimum absolute atomic E-state index is 0.330. The number of carbonyl (C=O) groups is 1. The van der Waals surface area contributed by atoms with Gasteiger partial charge in [-0.1, -0.05) is 11.6 Å². The standard InChI is InChI=1S/C12H4ClF11N2O4/c13-4-1-2-6(26(28)29)5(3-4)25-7(27)8(14,10(17,18)19)30-12(23,24)9(15,16)11(20,21)22/h1-3H,(H,25,27)/t8-/m1/s1. The topological polar surface area (TPSA) is 81.5 Å². The molecule has 1 rings (SSSR count). The summed E-state index contributed by atoms with van der Waals surface area (Å²) in [5, 5.41) is 11.0. The minimum atomic E-state index is -7.37. The third-order valence-corrected chi connectivity index (χ3v) is 3.29. The molecule has 0 spiro atoms. The molecule has 0 radical (unpaired) electrons. The molecule has 30 heavy (non-hydrogen) atoms. The van der Waals surface area contributed by atoms with Gasteiger partial charge in [0, 0.05) is 11.1 Å². The summed E-state index contributed by atoms with van der Waals surface area (Å²) in [5.74, 6) is -17.3. The van der Waals surface area contributed by atoms with Crippen LogP contribution in [0.2, 0.25) is 5.02 Å². The molecular weight excluding hydrogens is 481 g/mol. The van der Waals surface area contributed by atoms with Crippen molar-refractivity contribution in [1.29, 1.82) is 0 Å². The number of amides is 1. The molecular formula is C12H4ClF11N2O4. The zero-order valence-electron chi connectivity index (χ0n) is 13.3. The predicted molar refractivity (Wildman–Crippen MR) is 73.7 cm³/mol. The van der Waals surface area contributed by atoms with E-state index in [1.807, 2.05) is 4.74 Å². The van der Waals surface area contributed by atoms with Crippen LogP contribution in [0.15, 0.2) is 18.2 Å². The normalized spacial score (nSPS) is 15.5. The maximum Gasteiger partial charge on any atom is 0.462 e. The van der Waals surface area contributed by atoms with Gasteiger partial charge in [-0.15, -0.1) is 0 Å². The molecule has 0 heterocycles. The first-order valence-corrected chi connectivity index (χ1v) is 7.08. The molecule has 1 amide bonds. The Bertz CT molecular complexity index is 842. The third-order valence-electron chi connectivity index (χ3n) is 3.05. The Kier molecular flexibility index (Phi) is 6.55. The van der Waals surface area contributed by atoms with Gasteiger partial charge in [-0.25, -0.2) is 0 Å². The number of alkyl halides is 11. The number of hydrogen-bond acceptors (Lipinski definition) is 4. The van der Waals surface area contributed by atoms with Crippen LogP contribution >= 0.6 is 11.6 Å². The molecule has 0 saturated carbocycles. The number of halogens is 12. The summed E-state index contributed by atoms with van der Waals surface area (Å²) in [6.45, 7) is 0. The highest BCUT2D eigenvalue weighted by Crippen LogP contribution is 2.51. The van der Waals surface area contributed by atoms with Gasteiger partial charge < -0.3 is 5.32 Å². The van der Waals surface area contributed by atoms with Crippen LogP contribution in [0.3, 0.4) is 0 Å². The van der Waals surface area contributed by atoms with Crippen LogP contribution in [0.5, 0.6) is 0 Å². The number of rotatable bonds is 6. The smallest absolute Gasteiger partial charge is 0.315 e. The van der Waals surface area contributed by atoms with Crippen molar-refractivity contribution >= 4 is 28.9 Å². The van der Waals surface area contributed by atoms with Crippen molar-refractivity contribution in [2.75, 3.05) is 5.32 Å². The zero-order valence-corrected chi connectivity index (χ0v) is 14.1. The first-order chi connectivity index (χ1) is 13.2. The Labute approximate surface area is 161 Å². The van der Waals surface area contributed by atoms with E-state index < -0.39 is 57.5 Å². The summed E-state index contributed by atoms with van der Waals surface area (Å²) in [6.07, 6.45) is -21.4. The summed E-state index contributed by atoms with van der Waals surface area (Å²) < 4.78 is 143. The van der Waals surface area contributed by atoms with Gasteiger partial charge in [0.1, 0.15) is 5.69 Å². The van der Waals surface area contributed by atoms with Gasteiger partial charge in [0.2, 0.25) is 0 Å². The number of nitrogens with zero attached hydrogens (tertiary/aromatic N) is 1. The van der Waals surface area contributed by atoms with Gasteiger partial charge in [0.25, 0.3) is 11.6 Å². The van der Waals surface area contributed by atoms with Crippen molar-refractivity contribution in [3.63, 3.8) is 0 Å². The number of nitro groups is 1. The highest BCUT2D eigenvalue weighted by Gasteiger charge is 2.79. The summed E-state index contributed by atoms with van der Waals surface area (Å²) in [7, 11) is 0. The fourth-order valence-corrected chi connectivity index (χ4v) is 1.78. The van der Waals surface area contributed by atoms with E-state index in [1.54, 1.807) is 0 Å². The van der Waals surface area contributed by atoms with Crippen LogP contribution in [-0.4, -0.2) is 41.1 Å². The van der Waals surface area contributed by atoms with Crippen LogP contribution < -0.4 is 5.32 Å². The monoisotopic (exact) mass is 484 g/mol. The Morgan fingerprint density at radius 1 is 0.967 bits per heavy atom. The molecule has 0 aliphatic rings. The number of nitro benzene ring substituents is 1. The lowest BCUT2D eigenvalue weighted by Gasteiger charge is -2.34. The molecule has 0 bridgehead atoms. The van der Waals surface area contributed by atoms with Crippen LogP contribution in [0.1, 0.15) is 0 Å². The van der Waals surface area contributed by atoms with Crippen molar-refractivity contribution in [2.24, 2.45) is 0 Å². The minimum Gasteiger partial charge on any atom is -0.315 e. The van der Waals surface area contributed by atoms with Crippen molar-refractivity contribution in [3.05, 3.63) is 33.3 Å². The fourth-order valence-electron chi connectivity index (χ4n) is 1.61. The average molecular weight is 485 g/mol. The largest absolute Gasteiger partial charge is 0.462 e. The summed E-state index contributed by atoms with van der Waals surface area (Å²) in [6, 6.07) is 1.55. The highest BCUT2D eigenvalue weighted by molar-refractivity contribution is 6.31. The number of hydrogen-bond donors (Lipinski definition) is 1. The van der Waals surface area contributed by atoms with E-state index in [0.717, 1.165) is 11.4 Å². The number of benzene rings is 1. The molecule has 0 unspecified atom stereocenters. The van der Waals surface area contributed by atoms with Crippen molar-refractivity contribution in [2.45, 2.75) is 30.2 Å². The summed E-state index contributed by atoms with van der Waals surface area (Å²) in [4.78, 5) is 20.9. The zero-order chi connectivity index (χ0) is 23.9. The molecule has 1 aromatic carbocycles. The molecule has 0 aromatic heterocycles. The van der Waals surface area contributed by atoms with E-state index in [2.05, 4.69) is 0 Å². The summed E-state index contributed by atoms with van der Waals surface area (Å²) >= 11 is 5.36. The van der Waals surface area contributed by atoms with E-state index in [0.29, 0.717) is 12.1 Å². The highest BCUT2D eigenvalue weighted by atomic mass is 35.5. The van der Waals surface area contributed by atoms with Gasteiger partial charge in [-0.05, 0) is 12.1 Å². The molecule has 6 nitrogen and oxygen atoms in total. The third kappa shape index (κ3) is 4.66. The maximum atomic E-state index is 14.1. The molecule has 1 N–H and O–H groups in total. The average Bonchev–Trinajstić information content (AvgIpc) is 2.51. The lowest BCUT2D eigenvalue weighted by atomic mass is 10.2. The SMILES string of the molecule is O=C(Nc1cc(Cl)ccc1[N+](=O)[O-])[C@@](F)(OC(F)(F)C(F)(F)C(F)(F)F)C(F)(F)F. The molecule has 170 valence electrons. The quantitative estimate of drug-likeness (QED) is 0.341. The van der Waals surface area contributed by atoms with Gasteiger partial charge in [0.05, 0.1) is 4.92 Å². The molecule has 1 atom stereocenters. The Balaban J connectivity index is 3.45. The van der Waals surface area contributed by atoms with E-state index in [1.165, 1.54) is 0 Å². The van der Waals surface area contributed by atoms with Crippen molar-refractivity contribution in [1.82, 2.24) is 0 Å². The van der Waals surface area contributed by atoms with Gasteiger partial charge in [-0.3, -0.25) is 19.6 Å². The van der Waals surface area contributed by atoms with Gasteiger partial charge in [-0.2, -0.15) is 48.3 Å². The maximum absolute atomic E-state index is 14.1. The second kappa shape index (κ2) is 7.68. The molecule has 0 saturated heterocycles. The van der Waals surface area contributed by atoms with E-state index >= 15 is 0 Å². The van der Waals surface area contributed by atoms with Crippen molar-refractivity contribution < 1.29 is 62.7 Å². The lowest BCUT2D eigenvalue weighted by Crippen LogP contribution is -2.62. The molecule has 0 fully saturated rings. The Morgan fingerprint density at radius 2 is 1.47 bits per heavy atom. The first kappa shape index (κ1) is 25.6. The van der Waals surface area contributed by atoms with E-state index in [4.69, 9.17) is 11.6 Å². The number of nitrogens with one attached hydrogen (secondary N) is 1. The lowest BCUT2D eigenvalue weighted by molar-refractivity contribution is -0.472. The van der Waals surface area contributed by atoms with Gasteiger partial charge in [0.15, 0.2) is 0 Å². The Morgan fingerprint density at radius 3 is 1.87 bits per heavy atom.